The fourth-order valence-corrected chi connectivity index (χ4v) is 6.50. The number of hydrogen-bond donors (Lipinski definition) is 3. The average molecular weight is 587 g/mol. The third-order valence-electron chi connectivity index (χ3n) is 8.59. The molecule has 4 atom stereocenters. The third kappa shape index (κ3) is 7.02. The number of ether oxygens (including phenoxy) is 1. The molecule has 2 amide bonds. The highest BCUT2D eigenvalue weighted by Crippen LogP contribution is 2.40. The largest absolute Gasteiger partial charge is 0.444 e. The van der Waals surface area contributed by atoms with E-state index in [4.69, 9.17) is 4.74 Å². The van der Waals surface area contributed by atoms with Crippen molar-refractivity contribution in [3.63, 3.8) is 0 Å². The molecule has 42 heavy (non-hydrogen) atoms. The number of alkyl halides is 3. The van der Waals surface area contributed by atoms with E-state index < -0.39 is 29.4 Å². The molecule has 1 aliphatic carbocycles. The summed E-state index contributed by atoms with van der Waals surface area (Å²) in [5.41, 5.74) is 0.753. The number of anilines is 2. The molecule has 2 aromatic carbocycles. The summed E-state index contributed by atoms with van der Waals surface area (Å²) in [6.45, 7) is 7.77. The second-order valence-corrected chi connectivity index (χ2v) is 13.0. The van der Waals surface area contributed by atoms with E-state index >= 15 is 0 Å². The maximum Gasteiger partial charge on any atom is 0.416 e. The summed E-state index contributed by atoms with van der Waals surface area (Å²) in [4.78, 5) is 28.2. The number of amides is 2. The maximum atomic E-state index is 13.7. The Morgan fingerprint density at radius 1 is 0.976 bits per heavy atom. The van der Waals surface area contributed by atoms with Gasteiger partial charge in [0.25, 0.3) is 0 Å². The number of carbonyl (C=O) groups excluding carboxylic acids is 2. The van der Waals surface area contributed by atoms with E-state index in [1.165, 1.54) is 31.9 Å². The minimum Gasteiger partial charge on any atom is -0.444 e. The van der Waals surface area contributed by atoms with Crippen molar-refractivity contribution < 1.29 is 27.5 Å². The van der Waals surface area contributed by atoms with Gasteiger partial charge in [0.1, 0.15) is 5.60 Å². The first-order valence-corrected chi connectivity index (χ1v) is 14.9. The van der Waals surface area contributed by atoms with Crippen LogP contribution in [0.2, 0.25) is 0 Å². The van der Waals surface area contributed by atoms with Gasteiger partial charge in [-0.25, -0.2) is 4.79 Å². The Morgan fingerprint density at radius 2 is 1.64 bits per heavy atom. The average Bonchev–Trinajstić information content (AvgIpc) is 3.57. The van der Waals surface area contributed by atoms with E-state index in [2.05, 4.69) is 16.0 Å². The zero-order valence-corrected chi connectivity index (χ0v) is 24.7. The Bertz CT molecular complexity index is 1290. The molecule has 2 saturated heterocycles. The number of carbonyl (C=O) groups is 2. The van der Waals surface area contributed by atoms with Crippen LogP contribution in [-0.4, -0.2) is 47.7 Å². The van der Waals surface area contributed by atoms with Crippen LogP contribution in [0.3, 0.4) is 0 Å². The number of halogens is 3. The lowest BCUT2D eigenvalue weighted by molar-refractivity contribution is -0.138. The predicted molar refractivity (Wildman–Crippen MR) is 156 cm³/mol. The van der Waals surface area contributed by atoms with Crippen molar-refractivity contribution in [2.45, 2.75) is 89.7 Å². The minimum absolute atomic E-state index is 0.00317. The molecule has 1 saturated carbocycles. The molecule has 7 nitrogen and oxygen atoms in total. The number of nitrogens with zero attached hydrogens (tertiary/aromatic N) is 1. The highest BCUT2D eigenvalue weighted by Gasteiger charge is 2.46. The number of likely N-dealkylation sites (tertiary alicyclic amines) is 1. The zero-order chi connectivity index (χ0) is 30.2. The number of fused-ring (bicyclic) bond motifs is 1. The molecular weight excluding hydrogens is 545 g/mol. The van der Waals surface area contributed by atoms with Gasteiger partial charge >= 0.3 is 12.3 Å². The summed E-state index contributed by atoms with van der Waals surface area (Å²) >= 11 is 0. The first-order valence-electron chi connectivity index (χ1n) is 14.9. The molecule has 2 aromatic rings. The number of piperidine rings is 1. The van der Waals surface area contributed by atoms with Crippen LogP contribution in [0, 0.1) is 18.8 Å². The molecule has 10 heteroatoms. The summed E-state index contributed by atoms with van der Waals surface area (Å²) in [6, 6.07) is 12.0. The molecule has 0 radical (unpaired) electrons. The highest BCUT2D eigenvalue weighted by atomic mass is 19.4. The van der Waals surface area contributed by atoms with Crippen LogP contribution in [-0.2, 0) is 15.7 Å². The van der Waals surface area contributed by atoms with E-state index in [0.29, 0.717) is 25.6 Å². The number of nitrogens with one attached hydrogen (secondary N) is 3. The maximum absolute atomic E-state index is 13.7. The summed E-state index contributed by atoms with van der Waals surface area (Å²) in [5.74, 6) is -0.919. The Morgan fingerprint density at radius 3 is 2.29 bits per heavy atom. The molecule has 0 aromatic heterocycles. The highest BCUT2D eigenvalue weighted by molar-refractivity contribution is 5.93. The number of aryl methyl sites for hydroxylation is 1. The summed E-state index contributed by atoms with van der Waals surface area (Å²) < 4.78 is 46.2. The van der Waals surface area contributed by atoms with E-state index in [9.17, 15) is 22.8 Å². The van der Waals surface area contributed by atoms with Gasteiger partial charge in [-0.2, -0.15) is 13.2 Å². The van der Waals surface area contributed by atoms with Gasteiger partial charge in [0.15, 0.2) is 0 Å². The second-order valence-electron chi connectivity index (χ2n) is 13.0. The van der Waals surface area contributed by atoms with Crippen molar-refractivity contribution in [2.75, 3.05) is 23.7 Å². The molecule has 2 heterocycles. The first-order chi connectivity index (χ1) is 19.8. The standard InChI is InChI=1S/C32H41F3N4O3/c1-19-9-12-24(16-26(19)32(33,34)35)37-29(40)25-15-21-17-39(30(41)42-31(2,3)4)18-27(21)38-28(25)20-10-13-23(14-11-20)36-22-7-5-6-8-22/h9-14,16,21-22,25,27-28,36,38H,5-8,15,17-18H2,1-4H3,(H,37,40)/t21?,25-,27+,28-/m0/s1. The molecule has 2 aliphatic heterocycles. The van der Waals surface area contributed by atoms with Crippen molar-refractivity contribution in [1.29, 1.82) is 0 Å². The van der Waals surface area contributed by atoms with Crippen molar-refractivity contribution in [3.05, 3.63) is 59.2 Å². The van der Waals surface area contributed by atoms with Crippen LogP contribution in [0.1, 0.15) is 75.6 Å². The quantitative estimate of drug-likeness (QED) is 0.355. The van der Waals surface area contributed by atoms with Crippen molar-refractivity contribution >= 4 is 23.4 Å². The fourth-order valence-electron chi connectivity index (χ4n) is 6.50. The molecule has 0 bridgehead atoms. The van der Waals surface area contributed by atoms with Crippen LogP contribution in [0.15, 0.2) is 42.5 Å². The summed E-state index contributed by atoms with van der Waals surface area (Å²) in [7, 11) is 0. The molecule has 0 spiro atoms. The zero-order valence-electron chi connectivity index (χ0n) is 24.7. The normalized spacial score (nSPS) is 24.8. The van der Waals surface area contributed by atoms with E-state index in [-0.39, 0.29) is 35.2 Å². The van der Waals surface area contributed by atoms with Crippen LogP contribution in [0.4, 0.5) is 29.3 Å². The fraction of sp³-hybridized carbons (Fsp3) is 0.562. The molecule has 1 unspecified atom stereocenters. The van der Waals surface area contributed by atoms with Gasteiger partial charge in [0.2, 0.25) is 5.91 Å². The summed E-state index contributed by atoms with van der Waals surface area (Å²) in [5, 5.41) is 9.97. The number of rotatable bonds is 5. The van der Waals surface area contributed by atoms with Crippen LogP contribution in [0.5, 0.6) is 0 Å². The lowest BCUT2D eigenvalue weighted by Gasteiger charge is -2.38. The smallest absolute Gasteiger partial charge is 0.416 e. The van der Waals surface area contributed by atoms with E-state index in [0.717, 1.165) is 30.2 Å². The molecule has 5 rings (SSSR count). The van der Waals surface area contributed by atoms with Gasteiger partial charge in [0, 0.05) is 42.6 Å². The van der Waals surface area contributed by atoms with Gasteiger partial charge < -0.3 is 25.6 Å². The lowest BCUT2D eigenvalue weighted by Crippen LogP contribution is -2.50. The Kier molecular flexibility index (Phi) is 8.47. The van der Waals surface area contributed by atoms with Crippen molar-refractivity contribution in [3.8, 4) is 0 Å². The predicted octanol–water partition coefficient (Wildman–Crippen LogP) is 6.89. The van der Waals surface area contributed by atoms with Crippen molar-refractivity contribution in [2.24, 2.45) is 11.8 Å². The van der Waals surface area contributed by atoms with Crippen LogP contribution < -0.4 is 16.0 Å². The Hall–Kier alpha value is -3.27. The molecule has 228 valence electrons. The third-order valence-corrected chi connectivity index (χ3v) is 8.59. The Balaban J connectivity index is 1.37. The van der Waals surface area contributed by atoms with Gasteiger partial charge in [-0.15, -0.1) is 0 Å². The van der Waals surface area contributed by atoms with E-state index in [1.807, 2.05) is 45.0 Å². The SMILES string of the molecule is Cc1ccc(NC(=O)[C@H]2CC3CN(C(=O)OC(C)(C)C)C[C@H]3N[C@H]2c2ccc(NC3CCCC3)cc2)cc1C(F)(F)F. The first kappa shape index (κ1) is 30.2. The van der Waals surface area contributed by atoms with E-state index in [1.54, 1.807) is 4.90 Å². The van der Waals surface area contributed by atoms with Gasteiger partial charge in [-0.3, -0.25) is 4.79 Å². The second kappa shape index (κ2) is 11.8. The van der Waals surface area contributed by atoms with Gasteiger partial charge in [0.05, 0.1) is 11.5 Å². The van der Waals surface area contributed by atoms with Crippen LogP contribution >= 0.6 is 0 Å². The van der Waals surface area contributed by atoms with Gasteiger partial charge in [-0.05, 0) is 88.3 Å². The van der Waals surface area contributed by atoms with Crippen molar-refractivity contribution in [1.82, 2.24) is 10.2 Å². The number of hydrogen-bond acceptors (Lipinski definition) is 5. The topological polar surface area (TPSA) is 82.7 Å². The van der Waals surface area contributed by atoms with Gasteiger partial charge in [-0.1, -0.05) is 31.0 Å². The summed E-state index contributed by atoms with van der Waals surface area (Å²) in [6.07, 6.45) is 0.336. The Labute approximate surface area is 245 Å². The van der Waals surface area contributed by atoms with Crippen LogP contribution in [0.25, 0.3) is 0 Å². The molecule has 3 aliphatic rings. The molecular formula is C32H41F3N4O3. The minimum atomic E-state index is -4.52. The number of benzene rings is 2. The lowest BCUT2D eigenvalue weighted by atomic mass is 9.78. The molecule has 3 fully saturated rings. The monoisotopic (exact) mass is 586 g/mol. The molecule has 3 N–H and O–H groups in total.